The van der Waals surface area contributed by atoms with E-state index >= 15 is 0 Å². The molecule has 8 nitrogen and oxygen atoms in total. The van der Waals surface area contributed by atoms with Crippen LogP contribution in [0.15, 0.2) is 48.5 Å². The van der Waals surface area contributed by atoms with Gasteiger partial charge in [-0.15, -0.1) is 0 Å². The molecule has 156 valence electrons. The van der Waals surface area contributed by atoms with E-state index in [4.69, 9.17) is 9.47 Å². The zero-order chi connectivity index (χ0) is 21.0. The molecule has 4 N–H and O–H groups in total. The minimum atomic E-state index is -1.43. The molecule has 0 spiro atoms. The molecule has 0 aromatic heterocycles. The second-order valence-corrected chi connectivity index (χ2v) is 6.82. The summed E-state index contributed by atoms with van der Waals surface area (Å²) in [6.45, 7) is -0.482. The number of hydrogen-bond acceptors (Lipinski definition) is 8. The van der Waals surface area contributed by atoms with Crippen molar-refractivity contribution < 1.29 is 39.4 Å². The van der Waals surface area contributed by atoms with Crippen LogP contribution in [-0.2, 0) is 20.7 Å². The van der Waals surface area contributed by atoms with Crippen LogP contribution in [0, 0.1) is 0 Å². The Labute approximate surface area is 167 Å². The lowest BCUT2D eigenvalue weighted by atomic mass is 9.91. The molecule has 0 amide bonds. The summed E-state index contributed by atoms with van der Waals surface area (Å²) in [5, 5.41) is 39.3. The highest BCUT2D eigenvalue weighted by Crippen LogP contribution is 2.33. The maximum absolute atomic E-state index is 11.4. The number of hydrogen-bond donors (Lipinski definition) is 4. The number of esters is 1. The van der Waals surface area contributed by atoms with Crippen molar-refractivity contribution >= 4 is 5.97 Å². The molecule has 0 bridgehead atoms. The van der Waals surface area contributed by atoms with Gasteiger partial charge in [-0.2, -0.15) is 0 Å². The van der Waals surface area contributed by atoms with Crippen molar-refractivity contribution in [3.8, 4) is 11.5 Å². The van der Waals surface area contributed by atoms with Gasteiger partial charge in [0, 0.05) is 0 Å². The average Bonchev–Trinajstić information content (AvgIpc) is 2.73. The number of aliphatic hydroxyl groups excluding tert-OH is 4. The van der Waals surface area contributed by atoms with Crippen molar-refractivity contribution in [2.45, 2.75) is 36.9 Å². The van der Waals surface area contributed by atoms with Crippen molar-refractivity contribution in [2.24, 2.45) is 0 Å². The molecular formula is C21H24O8. The van der Waals surface area contributed by atoms with Gasteiger partial charge in [0.25, 0.3) is 0 Å². The molecule has 1 saturated heterocycles. The lowest BCUT2D eigenvalue weighted by Crippen LogP contribution is -2.55. The monoisotopic (exact) mass is 404 g/mol. The summed E-state index contributed by atoms with van der Waals surface area (Å²) in [7, 11) is 1.33. The Kier molecular flexibility index (Phi) is 6.83. The maximum Gasteiger partial charge on any atom is 0.309 e. The lowest BCUT2D eigenvalue weighted by molar-refractivity contribution is -0.231. The molecule has 1 aliphatic rings. The molecule has 8 heteroatoms. The number of methoxy groups -OCH3 is 1. The zero-order valence-corrected chi connectivity index (χ0v) is 15.8. The lowest BCUT2D eigenvalue weighted by Gasteiger charge is -2.40. The van der Waals surface area contributed by atoms with Crippen LogP contribution in [0.25, 0.3) is 0 Å². The highest BCUT2D eigenvalue weighted by atomic mass is 16.5. The van der Waals surface area contributed by atoms with Gasteiger partial charge in [0.15, 0.2) is 0 Å². The number of carbonyl (C=O) groups is 1. The number of benzene rings is 2. The molecule has 29 heavy (non-hydrogen) atoms. The van der Waals surface area contributed by atoms with Crippen molar-refractivity contribution in [3.05, 3.63) is 59.7 Å². The Morgan fingerprint density at radius 1 is 1.00 bits per heavy atom. The third-order valence-electron chi connectivity index (χ3n) is 4.81. The number of ether oxygens (including phenoxy) is 3. The summed E-state index contributed by atoms with van der Waals surface area (Å²) < 4.78 is 16.0. The van der Waals surface area contributed by atoms with Crippen LogP contribution in [0.1, 0.15) is 17.2 Å². The van der Waals surface area contributed by atoms with Crippen LogP contribution in [0.5, 0.6) is 11.5 Å². The van der Waals surface area contributed by atoms with Gasteiger partial charge in [0.05, 0.1) is 20.1 Å². The predicted molar refractivity (Wildman–Crippen MR) is 101 cm³/mol. The van der Waals surface area contributed by atoms with Gasteiger partial charge in [-0.05, 0) is 35.4 Å². The van der Waals surface area contributed by atoms with E-state index in [0.717, 1.165) is 5.56 Å². The summed E-state index contributed by atoms with van der Waals surface area (Å²) in [6.07, 6.45) is -5.89. The van der Waals surface area contributed by atoms with Gasteiger partial charge in [-0.3, -0.25) is 4.79 Å². The highest BCUT2D eigenvalue weighted by Gasteiger charge is 2.43. The molecule has 0 aliphatic carbocycles. The van der Waals surface area contributed by atoms with Gasteiger partial charge in [0.1, 0.15) is 42.0 Å². The van der Waals surface area contributed by atoms with Crippen molar-refractivity contribution in [1.29, 1.82) is 0 Å². The molecule has 0 radical (unpaired) electrons. The van der Waals surface area contributed by atoms with Crippen molar-refractivity contribution in [1.82, 2.24) is 0 Å². The number of aliphatic hydroxyl groups is 4. The van der Waals surface area contributed by atoms with Crippen LogP contribution in [0.2, 0.25) is 0 Å². The first-order chi connectivity index (χ1) is 13.9. The Morgan fingerprint density at radius 3 is 2.38 bits per heavy atom. The Bertz CT molecular complexity index is 820. The predicted octanol–water partition coefficient (Wildman–Crippen LogP) is 0.709. The summed E-state index contributed by atoms with van der Waals surface area (Å²) in [6, 6.07) is 13.7. The normalized spacial score (nSPS) is 26.7. The second kappa shape index (κ2) is 9.34. The topological polar surface area (TPSA) is 126 Å². The fourth-order valence-corrected chi connectivity index (χ4v) is 3.20. The van der Waals surface area contributed by atoms with E-state index in [0.29, 0.717) is 17.1 Å². The van der Waals surface area contributed by atoms with E-state index in [1.54, 1.807) is 48.5 Å². The standard InChI is InChI=1S/C21H24O8/c1-27-17(23)10-12-3-2-4-15(9-12)28-14-7-5-13(6-8-14)21-20(26)19(25)18(24)16(11-22)29-21/h2-9,16,18-22,24-26H,10-11H2,1H3/t16-,18-,19+,20+,21-/m1/s1. The maximum atomic E-state index is 11.4. The van der Waals surface area contributed by atoms with Crippen LogP contribution in [0.3, 0.4) is 0 Å². The molecule has 3 rings (SSSR count). The van der Waals surface area contributed by atoms with Gasteiger partial charge in [-0.1, -0.05) is 24.3 Å². The summed E-state index contributed by atoms with van der Waals surface area (Å²) >= 11 is 0. The molecule has 0 saturated carbocycles. The molecule has 1 heterocycles. The minimum absolute atomic E-state index is 0.143. The Hall–Kier alpha value is -2.49. The fraction of sp³-hybridized carbons (Fsp3) is 0.381. The quantitative estimate of drug-likeness (QED) is 0.519. The Morgan fingerprint density at radius 2 is 1.72 bits per heavy atom. The number of carbonyl (C=O) groups excluding carboxylic acids is 1. The third kappa shape index (κ3) is 4.92. The molecule has 1 aliphatic heterocycles. The largest absolute Gasteiger partial charge is 0.469 e. The molecule has 0 unspecified atom stereocenters. The highest BCUT2D eigenvalue weighted by molar-refractivity contribution is 5.72. The van der Waals surface area contributed by atoms with Crippen molar-refractivity contribution in [3.63, 3.8) is 0 Å². The molecule has 1 fully saturated rings. The van der Waals surface area contributed by atoms with E-state index in [1.807, 2.05) is 0 Å². The van der Waals surface area contributed by atoms with Crippen molar-refractivity contribution in [2.75, 3.05) is 13.7 Å². The molecule has 2 aromatic rings. The van der Waals surface area contributed by atoms with E-state index in [-0.39, 0.29) is 12.4 Å². The van der Waals surface area contributed by atoms with E-state index in [1.165, 1.54) is 7.11 Å². The van der Waals surface area contributed by atoms with Gasteiger partial charge in [-0.25, -0.2) is 0 Å². The minimum Gasteiger partial charge on any atom is -0.469 e. The van der Waals surface area contributed by atoms with Crippen LogP contribution >= 0.6 is 0 Å². The molecule has 2 aromatic carbocycles. The van der Waals surface area contributed by atoms with E-state index in [2.05, 4.69) is 4.74 Å². The van der Waals surface area contributed by atoms with Crippen LogP contribution in [-0.4, -0.2) is 64.5 Å². The fourth-order valence-electron chi connectivity index (χ4n) is 3.20. The van der Waals surface area contributed by atoms with Gasteiger partial charge < -0.3 is 34.6 Å². The first-order valence-corrected chi connectivity index (χ1v) is 9.17. The molecule has 5 atom stereocenters. The van der Waals surface area contributed by atoms with Gasteiger partial charge >= 0.3 is 5.97 Å². The van der Waals surface area contributed by atoms with Crippen LogP contribution in [0.4, 0.5) is 0 Å². The third-order valence-corrected chi connectivity index (χ3v) is 4.81. The SMILES string of the molecule is COC(=O)Cc1cccc(Oc2ccc([C@H]3O[C@H](CO)[C@@H](O)[C@H](O)[C@@H]3O)cc2)c1. The van der Waals surface area contributed by atoms with Crippen LogP contribution < -0.4 is 4.74 Å². The van der Waals surface area contributed by atoms with Gasteiger partial charge in [0.2, 0.25) is 0 Å². The first-order valence-electron chi connectivity index (χ1n) is 9.17. The zero-order valence-electron chi connectivity index (χ0n) is 15.8. The second-order valence-electron chi connectivity index (χ2n) is 6.82. The average molecular weight is 404 g/mol. The van der Waals surface area contributed by atoms with E-state index in [9.17, 15) is 25.2 Å². The Balaban J connectivity index is 1.70. The smallest absolute Gasteiger partial charge is 0.309 e. The molecular weight excluding hydrogens is 380 g/mol. The summed E-state index contributed by atoms with van der Waals surface area (Å²) in [5.74, 6) is 0.728. The summed E-state index contributed by atoms with van der Waals surface area (Å²) in [5.41, 5.74) is 1.32. The van der Waals surface area contributed by atoms with E-state index < -0.39 is 37.1 Å². The number of rotatable bonds is 6. The summed E-state index contributed by atoms with van der Waals surface area (Å²) in [4.78, 5) is 11.4. The first kappa shape index (κ1) is 21.2.